The molecule has 4 amide bonds. The number of imide groups is 2. The standard InChI is InChI=1S/C18H20N4O4/c19-7-9-5-10(9)8-20-11-1-2-12-13(6-11)18(26)22(17(12)25)14-3-4-15(23)21-16(14)24/h1-2,6,9-10,14,20H,3-5,7-8,19H2,(H,21,23,24)/t9-,10-,14?/m0/s1. The first-order chi connectivity index (χ1) is 12.5. The van der Waals surface area contributed by atoms with Crippen molar-refractivity contribution in [3.05, 3.63) is 29.3 Å². The van der Waals surface area contributed by atoms with Crippen molar-refractivity contribution >= 4 is 29.3 Å². The third-order valence-corrected chi connectivity index (χ3v) is 5.38. The lowest BCUT2D eigenvalue weighted by atomic mass is 10.0. The first kappa shape index (κ1) is 16.7. The third kappa shape index (κ3) is 2.76. The van der Waals surface area contributed by atoms with Crippen LogP contribution in [-0.4, -0.2) is 47.7 Å². The molecular formula is C18H20N4O4. The molecule has 8 nitrogen and oxygen atoms in total. The van der Waals surface area contributed by atoms with Crippen LogP contribution in [0.15, 0.2) is 18.2 Å². The second kappa shape index (κ2) is 6.21. The van der Waals surface area contributed by atoms with Crippen molar-refractivity contribution in [2.24, 2.45) is 17.6 Å². The van der Waals surface area contributed by atoms with E-state index in [1.54, 1.807) is 18.2 Å². The summed E-state index contributed by atoms with van der Waals surface area (Å²) < 4.78 is 0. The van der Waals surface area contributed by atoms with Gasteiger partial charge >= 0.3 is 0 Å². The van der Waals surface area contributed by atoms with Crippen LogP contribution in [-0.2, 0) is 9.59 Å². The van der Waals surface area contributed by atoms with Gasteiger partial charge in [-0.2, -0.15) is 0 Å². The molecule has 3 atom stereocenters. The number of nitrogens with two attached hydrogens (primary N) is 1. The summed E-state index contributed by atoms with van der Waals surface area (Å²) in [5.41, 5.74) is 6.98. The fourth-order valence-corrected chi connectivity index (χ4v) is 3.68. The van der Waals surface area contributed by atoms with E-state index in [2.05, 4.69) is 10.6 Å². The highest BCUT2D eigenvalue weighted by atomic mass is 16.2. The molecule has 2 aliphatic heterocycles. The molecule has 26 heavy (non-hydrogen) atoms. The average Bonchev–Trinajstić information content (AvgIpc) is 3.35. The summed E-state index contributed by atoms with van der Waals surface area (Å²) in [7, 11) is 0. The number of benzene rings is 1. The smallest absolute Gasteiger partial charge is 0.262 e. The lowest BCUT2D eigenvalue weighted by Crippen LogP contribution is -2.54. The highest BCUT2D eigenvalue weighted by molar-refractivity contribution is 6.23. The molecule has 0 radical (unpaired) electrons. The Balaban J connectivity index is 1.51. The van der Waals surface area contributed by atoms with Gasteiger partial charge in [-0.1, -0.05) is 0 Å². The van der Waals surface area contributed by atoms with Crippen LogP contribution in [0, 0.1) is 11.8 Å². The number of nitrogens with one attached hydrogen (secondary N) is 2. The molecule has 2 heterocycles. The maximum absolute atomic E-state index is 12.7. The predicted molar refractivity (Wildman–Crippen MR) is 92.3 cm³/mol. The van der Waals surface area contributed by atoms with Gasteiger partial charge in [0.2, 0.25) is 11.8 Å². The third-order valence-electron chi connectivity index (χ3n) is 5.38. The molecule has 4 N–H and O–H groups in total. The normalized spacial score (nSPS) is 27.4. The highest BCUT2D eigenvalue weighted by Gasteiger charge is 2.44. The van der Waals surface area contributed by atoms with Crippen LogP contribution in [0.1, 0.15) is 40.0 Å². The van der Waals surface area contributed by atoms with E-state index in [1.807, 2.05) is 0 Å². The summed E-state index contributed by atoms with van der Waals surface area (Å²) >= 11 is 0. The molecule has 1 aromatic rings. The first-order valence-electron chi connectivity index (χ1n) is 8.79. The fourth-order valence-electron chi connectivity index (χ4n) is 3.68. The Morgan fingerprint density at radius 1 is 1.12 bits per heavy atom. The summed E-state index contributed by atoms with van der Waals surface area (Å²) in [5, 5.41) is 5.47. The molecule has 2 fully saturated rings. The first-order valence-corrected chi connectivity index (χ1v) is 8.79. The number of anilines is 1. The summed E-state index contributed by atoms with van der Waals surface area (Å²) in [6, 6.07) is 4.09. The van der Waals surface area contributed by atoms with Gasteiger partial charge in [0, 0.05) is 18.7 Å². The van der Waals surface area contributed by atoms with E-state index < -0.39 is 23.8 Å². The minimum atomic E-state index is -0.937. The van der Waals surface area contributed by atoms with Gasteiger partial charge in [0.1, 0.15) is 6.04 Å². The van der Waals surface area contributed by atoms with E-state index in [0.717, 1.165) is 23.6 Å². The summed E-state index contributed by atoms with van der Waals surface area (Å²) in [4.78, 5) is 49.7. The van der Waals surface area contributed by atoms with Crippen molar-refractivity contribution in [3.8, 4) is 0 Å². The van der Waals surface area contributed by atoms with Crippen LogP contribution in [0.2, 0.25) is 0 Å². The number of nitrogens with zero attached hydrogens (tertiary/aromatic N) is 1. The van der Waals surface area contributed by atoms with E-state index in [-0.39, 0.29) is 29.9 Å². The molecule has 1 unspecified atom stereocenters. The molecule has 3 aliphatic rings. The monoisotopic (exact) mass is 356 g/mol. The van der Waals surface area contributed by atoms with Gasteiger partial charge in [0.15, 0.2) is 0 Å². The Hall–Kier alpha value is -2.74. The lowest BCUT2D eigenvalue weighted by Gasteiger charge is -2.27. The average molecular weight is 356 g/mol. The number of carbonyl (C=O) groups excluding carboxylic acids is 4. The van der Waals surface area contributed by atoms with E-state index in [4.69, 9.17) is 5.73 Å². The van der Waals surface area contributed by atoms with Gasteiger partial charge in [0.25, 0.3) is 11.8 Å². The van der Waals surface area contributed by atoms with E-state index in [9.17, 15) is 19.2 Å². The predicted octanol–water partition coefficient (Wildman–Crippen LogP) is 0.0945. The molecule has 4 rings (SSSR count). The minimum absolute atomic E-state index is 0.111. The van der Waals surface area contributed by atoms with Crippen LogP contribution in [0.4, 0.5) is 5.69 Å². The van der Waals surface area contributed by atoms with Gasteiger partial charge in [-0.3, -0.25) is 29.4 Å². The second-order valence-corrected chi connectivity index (χ2v) is 7.08. The lowest BCUT2D eigenvalue weighted by molar-refractivity contribution is -0.136. The number of piperidine rings is 1. The van der Waals surface area contributed by atoms with E-state index >= 15 is 0 Å². The SMILES string of the molecule is NC[C@@H]1C[C@H]1CNc1ccc2c(c1)C(=O)N(C1CCC(=O)NC1=O)C2=O. The summed E-state index contributed by atoms with van der Waals surface area (Å²) in [6.07, 6.45) is 1.37. The van der Waals surface area contributed by atoms with E-state index in [1.165, 1.54) is 0 Å². The maximum atomic E-state index is 12.7. The number of amides is 4. The highest BCUT2D eigenvalue weighted by Crippen LogP contribution is 2.37. The molecule has 1 aromatic carbocycles. The topological polar surface area (TPSA) is 122 Å². The molecule has 1 saturated carbocycles. The molecule has 1 saturated heterocycles. The molecule has 0 bridgehead atoms. The molecule has 136 valence electrons. The summed E-state index contributed by atoms with van der Waals surface area (Å²) in [5.74, 6) is -0.861. The number of carbonyl (C=O) groups is 4. The molecular weight excluding hydrogens is 336 g/mol. The fraction of sp³-hybridized carbons (Fsp3) is 0.444. The van der Waals surface area contributed by atoms with Crippen LogP contribution < -0.4 is 16.4 Å². The van der Waals surface area contributed by atoms with Crippen molar-refractivity contribution in [1.29, 1.82) is 0 Å². The van der Waals surface area contributed by atoms with Gasteiger partial charge in [-0.05, 0) is 49.4 Å². The Kier molecular flexibility index (Phi) is 3.99. The zero-order chi connectivity index (χ0) is 18.4. The van der Waals surface area contributed by atoms with Crippen LogP contribution in [0.5, 0.6) is 0 Å². The van der Waals surface area contributed by atoms with Gasteiger partial charge in [0.05, 0.1) is 11.1 Å². The van der Waals surface area contributed by atoms with Crippen molar-refractivity contribution in [3.63, 3.8) is 0 Å². The van der Waals surface area contributed by atoms with Crippen molar-refractivity contribution < 1.29 is 19.2 Å². The van der Waals surface area contributed by atoms with Crippen LogP contribution in [0.3, 0.4) is 0 Å². The molecule has 0 aromatic heterocycles. The van der Waals surface area contributed by atoms with Crippen LogP contribution in [0.25, 0.3) is 0 Å². The zero-order valence-electron chi connectivity index (χ0n) is 14.2. The van der Waals surface area contributed by atoms with Crippen LogP contribution >= 0.6 is 0 Å². The summed E-state index contributed by atoms with van der Waals surface area (Å²) in [6.45, 7) is 1.46. The zero-order valence-corrected chi connectivity index (χ0v) is 14.2. The largest absolute Gasteiger partial charge is 0.385 e. The Labute approximate surface area is 150 Å². The quantitative estimate of drug-likeness (QED) is 0.643. The van der Waals surface area contributed by atoms with Crippen molar-refractivity contribution in [2.45, 2.75) is 25.3 Å². The second-order valence-electron chi connectivity index (χ2n) is 7.08. The van der Waals surface area contributed by atoms with E-state index in [0.29, 0.717) is 18.4 Å². The van der Waals surface area contributed by atoms with Gasteiger partial charge in [-0.15, -0.1) is 0 Å². The Morgan fingerprint density at radius 3 is 2.58 bits per heavy atom. The number of hydrogen-bond acceptors (Lipinski definition) is 6. The number of fused-ring (bicyclic) bond motifs is 1. The maximum Gasteiger partial charge on any atom is 0.262 e. The molecule has 8 heteroatoms. The number of rotatable bonds is 5. The Morgan fingerprint density at radius 2 is 1.88 bits per heavy atom. The van der Waals surface area contributed by atoms with Crippen molar-refractivity contribution in [2.75, 3.05) is 18.4 Å². The Bertz CT molecular complexity index is 821. The van der Waals surface area contributed by atoms with Crippen molar-refractivity contribution in [1.82, 2.24) is 10.2 Å². The number of hydrogen-bond donors (Lipinski definition) is 3. The van der Waals surface area contributed by atoms with Gasteiger partial charge in [-0.25, -0.2) is 0 Å². The molecule has 1 aliphatic carbocycles. The molecule has 0 spiro atoms. The van der Waals surface area contributed by atoms with Gasteiger partial charge < -0.3 is 11.1 Å². The minimum Gasteiger partial charge on any atom is -0.385 e.